The van der Waals surface area contributed by atoms with Crippen molar-refractivity contribution < 1.29 is 23.5 Å². The van der Waals surface area contributed by atoms with Crippen molar-refractivity contribution in [2.75, 3.05) is 13.2 Å². The summed E-state index contributed by atoms with van der Waals surface area (Å²) in [5.41, 5.74) is 2.28. The van der Waals surface area contributed by atoms with E-state index < -0.39 is 5.91 Å². The zero-order chi connectivity index (χ0) is 24.9. The van der Waals surface area contributed by atoms with Crippen LogP contribution in [-0.4, -0.2) is 29.2 Å². The Bertz CT molecular complexity index is 1270. The van der Waals surface area contributed by atoms with Gasteiger partial charge >= 0.3 is 0 Å². The van der Waals surface area contributed by atoms with Crippen LogP contribution in [0.5, 0.6) is 11.5 Å². The molecule has 3 aromatic carbocycles. The standard InChI is InChI=1S/C26H20Cl2FNO4S/c1-16-5-7-20(8-6-16)33-10-9-30-25(31)23(35-26(30)32)14-18-12-21(27)24(22(28)13-18)34-15-17-3-2-4-19(29)11-17/h2-8,11-14H,9-10,15H2,1H3/b23-14-. The molecule has 0 N–H and O–H groups in total. The van der Waals surface area contributed by atoms with Gasteiger partial charge in [-0.25, -0.2) is 4.39 Å². The molecule has 1 aliphatic heterocycles. The summed E-state index contributed by atoms with van der Waals surface area (Å²) in [6, 6.07) is 16.7. The lowest BCUT2D eigenvalue weighted by molar-refractivity contribution is -0.123. The number of nitrogens with zero attached hydrogens (tertiary/aromatic N) is 1. The number of aryl methyl sites for hydroxylation is 1. The van der Waals surface area contributed by atoms with Crippen LogP contribution in [0.25, 0.3) is 6.08 Å². The van der Waals surface area contributed by atoms with Crippen LogP contribution in [0.2, 0.25) is 10.0 Å². The number of benzene rings is 3. The largest absolute Gasteiger partial charge is 0.492 e. The quantitative estimate of drug-likeness (QED) is 0.289. The second-order valence-corrected chi connectivity index (χ2v) is 9.53. The molecule has 9 heteroatoms. The van der Waals surface area contributed by atoms with Gasteiger partial charge in [0.05, 0.1) is 21.5 Å². The molecule has 4 rings (SSSR count). The van der Waals surface area contributed by atoms with E-state index in [1.807, 2.05) is 31.2 Å². The molecule has 3 aromatic rings. The molecule has 0 radical (unpaired) electrons. The van der Waals surface area contributed by atoms with Crippen molar-refractivity contribution in [1.29, 1.82) is 0 Å². The predicted octanol–water partition coefficient (Wildman–Crippen LogP) is 7.14. The minimum Gasteiger partial charge on any atom is -0.492 e. The fourth-order valence-electron chi connectivity index (χ4n) is 3.32. The lowest BCUT2D eigenvalue weighted by Crippen LogP contribution is -2.32. The molecule has 2 amide bonds. The van der Waals surface area contributed by atoms with Crippen molar-refractivity contribution >= 4 is 52.2 Å². The van der Waals surface area contributed by atoms with Crippen LogP contribution < -0.4 is 9.47 Å². The fourth-order valence-corrected chi connectivity index (χ4v) is 4.79. The van der Waals surface area contributed by atoms with E-state index in [4.69, 9.17) is 32.7 Å². The molecule has 0 aliphatic carbocycles. The summed E-state index contributed by atoms with van der Waals surface area (Å²) in [6.45, 7) is 2.37. The number of ether oxygens (including phenoxy) is 2. The molecule has 0 unspecified atom stereocenters. The maximum atomic E-state index is 13.4. The van der Waals surface area contributed by atoms with Crippen molar-refractivity contribution in [2.45, 2.75) is 13.5 Å². The molecule has 1 aliphatic rings. The zero-order valence-electron chi connectivity index (χ0n) is 18.6. The number of carbonyl (C=O) groups is 2. The highest BCUT2D eigenvalue weighted by Gasteiger charge is 2.34. The van der Waals surface area contributed by atoms with Gasteiger partial charge in [0, 0.05) is 0 Å². The van der Waals surface area contributed by atoms with E-state index in [1.54, 1.807) is 30.3 Å². The number of hydrogen-bond donors (Lipinski definition) is 0. The molecule has 0 saturated carbocycles. The summed E-state index contributed by atoms with van der Waals surface area (Å²) >= 11 is 13.5. The third-order valence-electron chi connectivity index (χ3n) is 5.07. The van der Waals surface area contributed by atoms with Gasteiger partial charge in [0.2, 0.25) is 0 Å². The zero-order valence-corrected chi connectivity index (χ0v) is 20.9. The number of halogens is 3. The van der Waals surface area contributed by atoms with Crippen LogP contribution in [0.15, 0.2) is 65.6 Å². The third-order valence-corrected chi connectivity index (χ3v) is 6.54. The SMILES string of the molecule is Cc1ccc(OCCN2C(=O)S/C(=C\c3cc(Cl)c(OCc4cccc(F)c4)c(Cl)c3)C2=O)cc1. The molecule has 0 spiro atoms. The van der Waals surface area contributed by atoms with Crippen LogP contribution in [0.3, 0.4) is 0 Å². The van der Waals surface area contributed by atoms with E-state index in [1.165, 1.54) is 12.1 Å². The number of hydrogen-bond acceptors (Lipinski definition) is 5. The Balaban J connectivity index is 1.40. The Kier molecular flexibility index (Phi) is 8.00. The van der Waals surface area contributed by atoms with Gasteiger partial charge in [-0.05, 0) is 72.3 Å². The number of carbonyl (C=O) groups excluding carboxylic acids is 2. The molecule has 1 heterocycles. The van der Waals surface area contributed by atoms with Gasteiger partial charge < -0.3 is 9.47 Å². The normalized spacial score (nSPS) is 14.6. The van der Waals surface area contributed by atoms with Crippen LogP contribution in [0, 0.1) is 12.7 Å². The molecular formula is C26H20Cl2FNO4S. The Morgan fingerprint density at radius 3 is 2.40 bits per heavy atom. The second kappa shape index (κ2) is 11.2. The molecule has 5 nitrogen and oxygen atoms in total. The van der Waals surface area contributed by atoms with Crippen molar-refractivity contribution in [3.8, 4) is 11.5 Å². The molecular weight excluding hydrogens is 512 g/mol. The minimum absolute atomic E-state index is 0.0834. The Hall–Kier alpha value is -3.00. The van der Waals surface area contributed by atoms with Gasteiger partial charge in [-0.3, -0.25) is 14.5 Å². The highest BCUT2D eigenvalue weighted by Crippen LogP contribution is 2.37. The molecule has 0 aromatic heterocycles. The predicted molar refractivity (Wildman–Crippen MR) is 137 cm³/mol. The molecule has 1 fully saturated rings. The van der Waals surface area contributed by atoms with Gasteiger partial charge in [-0.1, -0.05) is 53.0 Å². The summed E-state index contributed by atoms with van der Waals surface area (Å²) in [4.78, 5) is 26.5. The first-order valence-electron chi connectivity index (χ1n) is 10.6. The lowest BCUT2D eigenvalue weighted by atomic mass is 10.2. The van der Waals surface area contributed by atoms with Crippen molar-refractivity contribution in [3.63, 3.8) is 0 Å². The summed E-state index contributed by atoms with van der Waals surface area (Å²) in [5, 5.41) is 0.0813. The first-order chi connectivity index (χ1) is 16.8. The topological polar surface area (TPSA) is 55.8 Å². The number of rotatable bonds is 8. The highest BCUT2D eigenvalue weighted by atomic mass is 35.5. The minimum atomic E-state index is -0.411. The maximum Gasteiger partial charge on any atom is 0.293 e. The van der Waals surface area contributed by atoms with Gasteiger partial charge in [-0.15, -0.1) is 0 Å². The van der Waals surface area contributed by atoms with Crippen LogP contribution in [0.4, 0.5) is 9.18 Å². The average molecular weight is 532 g/mol. The fraction of sp³-hybridized carbons (Fsp3) is 0.154. The van der Waals surface area contributed by atoms with Crippen molar-refractivity contribution in [3.05, 3.63) is 98.1 Å². The van der Waals surface area contributed by atoms with E-state index >= 15 is 0 Å². The number of imide groups is 1. The summed E-state index contributed by atoms with van der Waals surface area (Å²) in [5.74, 6) is 0.138. The third kappa shape index (κ3) is 6.36. The van der Waals surface area contributed by atoms with Crippen LogP contribution >= 0.6 is 35.0 Å². The Labute approximate surface area is 216 Å². The molecule has 180 valence electrons. The molecule has 1 saturated heterocycles. The Morgan fingerprint density at radius 1 is 1.00 bits per heavy atom. The maximum absolute atomic E-state index is 13.4. The number of amides is 2. The average Bonchev–Trinajstić information content (AvgIpc) is 3.07. The van der Waals surface area contributed by atoms with Crippen LogP contribution in [0.1, 0.15) is 16.7 Å². The van der Waals surface area contributed by atoms with E-state index in [0.29, 0.717) is 16.9 Å². The molecule has 0 bridgehead atoms. The smallest absolute Gasteiger partial charge is 0.293 e. The van der Waals surface area contributed by atoms with Crippen molar-refractivity contribution in [2.24, 2.45) is 0 Å². The first kappa shape index (κ1) is 25.1. The summed E-state index contributed by atoms with van der Waals surface area (Å²) in [7, 11) is 0. The Morgan fingerprint density at radius 2 is 1.71 bits per heavy atom. The highest BCUT2D eigenvalue weighted by molar-refractivity contribution is 8.18. The van der Waals surface area contributed by atoms with Gasteiger partial charge in [0.25, 0.3) is 11.1 Å². The van der Waals surface area contributed by atoms with Gasteiger partial charge in [0.1, 0.15) is 24.8 Å². The molecule has 0 atom stereocenters. The van der Waals surface area contributed by atoms with Gasteiger partial charge in [-0.2, -0.15) is 0 Å². The summed E-state index contributed by atoms with van der Waals surface area (Å²) in [6.07, 6.45) is 1.56. The summed E-state index contributed by atoms with van der Waals surface area (Å²) < 4.78 is 24.7. The van der Waals surface area contributed by atoms with Gasteiger partial charge in [0.15, 0.2) is 5.75 Å². The monoisotopic (exact) mass is 531 g/mol. The van der Waals surface area contributed by atoms with Crippen molar-refractivity contribution in [1.82, 2.24) is 4.90 Å². The second-order valence-electron chi connectivity index (χ2n) is 7.73. The van der Waals surface area contributed by atoms with Crippen LogP contribution in [-0.2, 0) is 11.4 Å². The number of thioether (sulfide) groups is 1. The first-order valence-corrected chi connectivity index (χ1v) is 12.2. The van der Waals surface area contributed by atoms with E-state index in [-0.39, 0.29) is 51.5 Å². The molecule has 35 heavy (non-hydrogen) atoms. The lowest BCUT2D eigenvalue weighted by Gasteiger charge is -2.13. The van der Waals surface area contributed by atoms with E-state index in [2.05, 4.69) is 0 Å². The van der Waals surface area contributed by atoms with E-state index in [9.17, 15) is 14.0 Å². The van der Waals surface area contributed by atoms with E-state index in [0.717, 1.165) is 22.2 Å².